The second-order valence-corrected chi connectivity index (χ2v) is 12.4. The summed E-state index contributed by atoms with van der Waals surface area (Å²) in [4.78, 5) is 0. The lowest BCUT2D eigenvalue weighted by molar-refractivity contribution is 1.48. The predicted octanol–water partition coefficient (Wildman–Crippen LogP) is 11.2. The van der Waals surface area contributed by atoms with Crippen LogP contribution in [0.1, 0.15) is 11.1 Å². The van der Waals surface area contributed by atoms with Crippen LogP contribution in [0.5, 0.6) is 0 Å². The Bertz CT molecular complexity index is 2450. The Morgan fingerprint density at radius 3 is 2.10 bits per heavy atom. The lowest BCUT2D eigenvalue weighted by atomic mass is 9.88. The van der Waals surface area contributed by atoms with Gasteiger partial charge in [-0.05, 0) is 64.7 Å². The maximum absolute atomic E-state index is 10.1. The first kappa shape index (κ1) is 24.5. The number of thiophene rings is 2. The highest BCUT2D eigenvalue weighted by Crippen LogP contribution is 2.46. The minimum absolute atomic E-state index is 0.650. The molecule has 42 heavy (non-hydrogen) atoms. The Labute approximate surface area is 250 Å². The molecule has 8 aromatic rings. The molecule has 0 bridgehead atoms. The minimum Gasteiger partial charge on any atom is -0.192 e. The molecule has 0 aliphatic rings. The largest absolute Gasteiger partial charge is 0.192 e. The van der Waals surface area contributed by atoms with Gasteiger partial charge in [0.1, 0.15) is 0 Å². The van der Waals surface area contributed by atoms with Gasteiger partial charge in [-0.3, -0.25) is 0 Å². The summed E-state index contributed by atoms with van der Waals surface area (Å²) >= 11 is 3.56. The fourth-order valence-electron chi connectivity index (χ4n) is 6.08. The topological polar surface area (TPSA) is 47.6 Å². The molecule has 0 unspecified atom stereocenters. The van der Waals surface area contributed by atoms with Crippen LogP contribution < -0.4 is 0 Å². The zero-order valence-electron chi connectivity index (χ0n) is 22.3. The summed E-state index contributed by atoms with van der Waals surface area (Å²) in [5, 5.41) is 24.5. The molecule has 0 amide bonds. The van der Waals surface area contributed by atoms with Gasteiger partial charge in [-0.15, -0.1) is 22.7 Å². The van der Waals surface area contributed by atoms with Crippen molar-refractivity contribution in [2.75, 3.05) is 0 Å². The van der Waals surface area contributed by atoms with Gasteiger partial charge >= 0.3 is 0 Å². The van der Waals surface area contributed by atoms with E-state index in [0.29, 0.717) is 11.1 Å². The molecule has 2 aromatic heterocycles. The smallest absolute Gasteiger partial charge is 0.0998 e. The molecule has 0 saturated heterocycles. The minimum atomic E-state index is 0.650. The molecule has 2 heterocycles. The quantitative estimate of drug-likeness (QED) is 0.213. The van der Waals surface area contributed by atoms with Crippen LogP contribution in [-0.2, 0) is 0 Å². The van der Waals surface area contributed by atoms with E-state index in [2.05, 4.69) is 91.0 Å². The molecule has 194 valence electrons. The molecule has 0 aliphatic carbocycles. The van der Waals surface area contributed by atoms with Crippen LogP contribution >= 0.6 is 22.7 Å². The van der Waals surface area contributed by atoms with Gasteiger partial charge in [0, 0.05) is 51.5 Å². The van der Waals surface area contributed by atoms with Crippen molar-refractivity contribution in [2.45, 2.75) is 0 Å². The molecule has 0 radical (unpaired) electrons. The molecule has 0 fully saturated rings. The summed E-state index contributed by atoms with van der Waals surface area (Å²) in [6.45, 7) is 0. The van der Waals surface area contributed by atoms with Gasteiger partial charge in [-0.25, -0.2) is 0 Å². The number of nitrogens with zero attached hydrogens (tertiary/aromatic N) is 2. The first-order chi connectivity index (χ1) is 20.7. The zero-order chi connectivity index (χ0) is 28.2. The first-order valence-corrected chi connectivity index (χ1v) is 15.3. The van der Waals surface area contributed by atoms with Crippen molar-refractivity contribution in [1.82, 2.24) is 0 Å². The number of hydrogen-bond donors (Lipinski definition) is 0. The monoisotopic (exact) mass is 568 g/mol. The van der Waals surface area contributed by atoms with E-state index in [1.807, 2.05) is 53.8 Å². The molecule has 8 rings (SSSR count). The summed E-state index contributed by atoms with van der Waals surface area (Å²) < 4.78 is 4.87. The number of rotatable bonds is 3. The van der Waals surface area contributed by atoms with Crippen molar-refractivity contribution in [3.8, 4) is 45.5 Å². The molecule has 0 saturated carbocycles. The zero-order valence-corrected chi connectivity index (χ0v) is 23.9. The van der Waals surface area contributed by atoms with E-state index in [1.54, 1.807) is 11.3 Å². The Hall–Kier alpha value is -5.26. The molecule has 0 N–H and O–H groups in total. The van der Waals surface area contributed by atoms with Crippen LogP contribution in [0.25, 0.3) is 73.7 Å². The lowest BCUT2D eigenvalue weighted by Crippen LogP contribution is -1.91. The van der Waals surface area contributed by atoms with E-state index in [4.69, 9.17) is 0 Å². The number of hydrogen-bond acceptors (Lipinski definition) is 4. The molecule has 4 heteroatoms. The maximum atomic E-state index is 10.1. The third kappa shape index (κ3) is 3.75. The highest BCUT2D eigenvalue weighted by atomic mass is 32.1. The van der Waals surface area contributed by atoms with Gasteiger partial charge in [0.25, 0.3) is 0 Å². The van der Waals surface area contributed by atoms with E-state index < -0.39 is 0 Å². The number of nitriles is 2. The SMILES string of the molecule is N#Cc1ccc2sc3cccc(-c4ccc(-c5cccc6c5sc5ccccc56)c(-c5ccccc5C#N)c4)c3c2c1. The number of benzene rings is 6. The average Bonchev–Trinajstić information content (AvgIpc) is 3.62. The second kappa shape index (κ2) is 9.68. The Kier molecular flexibility index (Phi) is 5.66. The fraction of sp³-hybridized carbons (Fsp3) is 0. The van der Waals surface area contributed by atoms with Gasteiger partial charge in [0.15, 0.2) is 0 Å². The van der Waals surface area contributed by atoms with Gasteiger partial charge in [-0.1, -0.05) is 78.9 Å². The third-order valence-corrected chi connectivity index (χ3v) is 10.3. The summed E-state index contributed by atoms with van der Waals surface area (Å²) in [7, 11) is 0. The molecular formula is C38H20N2S2. The van der Waals surface area contributed by atoms with Crippen LogP contribution in [0.2, 0.25) is 0 Å². The maximum Gasteiger partial charge on any atom is 0.0998 e. The Morgan fingerprint density at radius 2 is 1.19 bits per heavy atom. The van der Waals surface area contributed by atoms with Gasteiger partial charge in [-0.2, -0.15) is 10.5 Å². The summed E-state index contributed by atoms with van der Waals surface area (Å²) in [6.07, 6.45) is 0. The summed E-state index contributed by atoms with van der Waals surface area (Å²) in [6, 6.07) is 46.7. The fourth-order valence-corrected chi connectivity index (χ4v) is 8.42. The molecule has 6 aromatic carbocycles. The highest BCUT2D eigenvalue weighted by Gasteiger charge is 2.18. The molecule has 0 atom stereocenters. The van der Waals surface area contributed by atoms with Crippen molar-refractivity contribution in [2.24, 2.45) is 0 Å². The van der Waals surface area contributed by atoms with E-state index in [1.165, 1.54) is 35.1 Å². The second-order valence-electron chi connectivity index (χ2n) is 10.3. The van der Waals surface area contributed by atoms with Crippen molar-refractivity contribution >= 4 is 63.0 Å². The van der Waals surface area contributed by atoms with Crippen LogP contribution in [0, 0.1) is 22.7 Å². The molecule has 2 nitrogen and oxygen atoms in total. The van der Waals surface area contributed by atoms with Crippen molar-refractivity contribution in [3.63, 3.8) is 0 Å². The molecule has 0 aliphatic heterocycles. The van der Waals surface area contributed by atoms with E-state index in [0.717, 1.165) is 38.6 Å². The van der Waals surface area contributed by atoms with Crippen molar-refractivity contribution in [3.05, 3.63) is 132 Å². The van der Waals surface area contributed by atoms with Crippen LogP contribution in [-0.4, -0.2) is 0 Å². The number of fused-ring (bicyclic) bond motifs is 6. The Morgan fingerprint density at radius 1 is 0.452 bits per heavy atom. The van der Waals surface area contributed by atoms with Gasteiger partial charge in [0.2, 0.25) is 0 Å². The average molecular weight is 569 g/mol. The highest BCUT2D eigenvalue weighted by molar-refractivity contribution is 7.26. The third-order valence-electron chi connectivity index (χ3n) is 7.99. The predicted molar refractivity (Wildman–Crippen MR) is 178 cm³/mol. The van der Waals surface area contributed by atoms with Crippen LogP contribution in [0.15, 0.2) is 121 Å². The standard InChI is InChI=1S/C38H20N2S2/c39-21-23-15-18-35-33(19-23)37-27(10-6-14-36(37)41-35)24-16-17-28(32(20-24)26-8-2-1-7-25(26)22-40)30-11-5-12-31-29-9-3-4-13-34(29)42-38(30)31/h1-20H. The van der Waals surface area contributed by atoms with Crippen LogP contribution in [0.3, 0.4) is 0 Å². The van der Waals surface area contributed by atoms with Crippen molar-refractivity contribution < 1.29 is 0 Å². The van der Waals surface area contributed by atoms with E-state index in [9.17, 15) is 10.5 Å². The van der Waals surface area contributed by atoms with Gasteiger partial charge in [0.05, 0.1) is 23.3 Å². The van der Waals surface area contributed by atoms with E-state index >= 15 is 0 Å². The summed E-state index contributed by atoms with van der Waals surface area (Å²) in [5.74, 6) is 0. The van der Waals surface area contributed by atoms with E-state index in [-0.39, 0.29) is 0 Å². The summed E-state index contributed by atoms with van der Waals surface area (Å²) in [5.41, 5.74) is 7.74. The van der Waals surface area contributed by atoms with Gasteiger partial charge < -0.3 is 0 Å². The normalized spacial score (nSPS) is 11.3. The molecular weight excluding hydrogens is 549 g/mol. The van der Waals surface area contributed by atoms with Crippen molar-refractivity contribution in [1.29, 1.82) is 10.5 Å². The molecule has 0 spiro atoms. The first-order valence-electron chi connectivity index (χ1n) is 13.6. The lowest BCUT2D eigenvalue weighted by Gasteiger charge is -2.15. The van der Waals surface area contributed by atoms with Crippen LogP contribution in [0.4, 0.5) is 0 Å². The Balaban J connectivity index is 1.43.